The van der Waals surface area contributed by atoms with Crippen LogP contribution in [-0.4, -0.2) is 54.6 Å². The molecule has 1 aromatic carbocycles. The number of likely N-dealkylation sites (N-methyl/N-ethyl adjacent to an activating group) is 1. The van der Waals surface area contributed by atoms with Gasteiger partial charge in [0.15, 0.2) is 0 Å². The van der Waals surface area contributed by atoms with Gasteiger partial charge in [-0.3, -0.25) is 0 Å². The molecule has 2 aromatic rings. The van der Waals surface area contributed by atoms with Crippen molar-refractivity contribution in [2.24, 2.45) is 0 Å². The van der Waals surface area contributed by atoms with E-state index < -0.39 is 0 Å². The number of benzene rings is 1. The molecule has 0 aliphatic carbocycles. The highest BCUT2D eigenvalue weighted by Gasteiger charge is 2.29. The molecule has 6 heteroatoms. The summed E-state index contributed by atoms with van der Waals surface area (Å²) in [6.45, 7) is 2.87. The zero-order valence-electron chi connectivity index (χ0n) is 14.7. The predicted molar refractivity (Wildman–Crippen MR) is 96.4 cm³/mol. The fourth-order valence-corrected chi connectivity index (χ4v) is 3.07. The Morgan fingerprint density at radius 3 is 2.84 bits per heavy atom. The SMILES string of the molecule is COc1cc(CNC(=O)N2CCN(C)CC2c2ccccc2)ccn1. The van der Waals surface area contributed by atoms with Crippen LogP contribution in [-0.2, 0) is 6.54 Å². The first-order valence-corrected chi connectivity index (χ1v) is 8.44. The molecule has 1 aromatic heterocycles. The number of carbonyl (C=O) groups is 1. The summed E-state index contributed by atoms with van der Waals surface area (Å²) < 4.78 is 5.12. The van der Waals surface area contributed by atoms with Crippen molar-refractivity contribution in [3.05, 3.63) is 59.8 Å². The summed E-state index contributed by atoms with van der Waals surface area (Å²) in [5.74, 6) is 0.550. The lowest BCUT2D eigenvalue weighted by Crippen LogP contribution is -2.52. The molecule has 1 fully saturated rings. The number of urea groups is 1. The van der Waals surface area contributed by atoms with Crippen LogP contribution in [0.4, 0.5) is 4.79 Å². The van der Waals surface area contributed by atoms with Gasteiger partial charge in [0.2, 0.25) is 5.88 Å². The number of pyridine rings is 1. The van der Waals surface area contributed by atoms with Crippen LogP contribution in [0.2, 0.25) is 0 Å². The lowest BCUT2D eigenvalue weighted by molar-refractivity contribution is 0.108. The quantitative estimate of drug-likeness (QED) is 0.928. The van der Waals surface area contributed by atoms with Crippen LogP contribution in [0.3, 0.4) is 0 Å². The second-order valence-electron chi connectivity index (χ2n) is 6.25. The van der Waals surface area contributed by atoms with Gasteiger partial charge >= 0.3 is 6.03 Å². The smallest absolute Gasteiger partial charge is 0.318 e. The van der Waals surface area contributed by atoms with E-state index in [4.69, 9.17) is 4.74 Å². The van der Waals surface area contributed by atoms with Gasteiger partial charge in [0.1, 0.15) is 0 Å². The van der Waals surface area contributed by atoms with Crippen molar-refractivity contribution in [2.75, 3.05) is 33.8 Å². The molecule has 25 heavy (non-hydrogen) atoms. The number of carbonyl (C=O) groups excluding carboxylic acids is 1. The van der Waals surface area contributed by atoms with Gasteiger partial charge in [-0.1, -0.05) is 30.3 Å². The highest BCUT2D eigenvalue weighted by Crippen LogP contribution is 2.24. The Morgan fingerprint density at radius 1 is 1.28 bits per heavy atom. The first kappa shape index (κ1) is 17.2. The summed E-state index contributed by atoms with van der Waals surface area (Å²) in [6.07, 6.45) is 1.68. The van der Waals surface area contributed by atoms with Crippen LogP contribution >= 0.6 is 0 Å². The van der Waals surface area contributed by atoms with Crippen molar-refractivity contribution in [3.63, 3.8) is 0 Å². The molecule has 1 unspecified atom stereocenters. The van der Waals surface area contributed by atoms with Crippen LogP contribution in [0.5, 0.6) is 5.88 Å². The minimum Gasteiger partial charge on any atom is -0.481 e. The number of nitrogens with zero attached hydrogens (tertiary/aromatic N) is 3. The van der Waals surface area contributed by atoms with Crippen LogP contribution in [0.15, 0.2) is 48.7 Å². The van der Waals surface area contributed by atoms with E-state index in [-0.39, 0.29) is 12.1 Å². The van der Waals surface area contributed by atoms with Crippen molar-refractivity contribution in [3.8, 4) is 5.88 Å². The molecule has 1 saturated heterocycles. The largest absolute Gasteiger partial charge is 0.481 e. The molecule has 0 radical (unpaired) electrons. The average molecular weight is 340 g/mol. The van der Waals surface area contributed by atoms with E-state index in [0.717, 1.165) is 24.2 Å². The summed E-state index contributed by atoms with van der Waals surface area (Å²) in [5, 5.41) is 3.02. The summed E-state index contributed by atoms with van der Waals surface area (Å²) in [7, 11) is 3.67. The van der Waals surface area contributed by atoms with E-state index in [2.05, 4.69) is 34.4 Å². The van der Waals surface area contributed by atoms with E-state index in [1.165, 1.54) is 0 Å². The number of hydrogen-bond donors (Lipinski definition) is 1. The predicted octanol–water partition coefficient (Wildman–Crippen LogP) is 2.29. The standard InChI is InChI=1S/C19H24N4O2/c1-22-10-11-23(17(14-22)16-6-4-3-5-7-16)19(24)21-13-15-8-9-20-18(12-15)25-2/h3-9,12,17H,10-11,13-14H2,1-2H3,(H,21,24). The number of aromatic nitrogens is 1. The first-order valence-electron chi connectivity index (χ1n) is 8.44. The Balaban J connectivity index is 1.68. The van der Waals surface area contributed by atoms with Crippen LogP contribution < -0.4 is 10.1 Å². The van der Waals surface area contributed by atoms with Crippen LogP contribution in [0, 0.1) is 0 Å². The Hall–Kier alpha value is -2.60. The van der Waals surface area contributed by atoms with Gasteiger partial charge in [0.25, 0.3) is 0 Å². The number of amides is 2. The van der Waals surface area contributed by atoms with Gasteiger partial charge in [0.05, 0.1) is 13.2 Å². The maximum atomic E-state index is 12.8. The maximum absolute atomic E-state index is 12.8. The number of piperazine rings is 1. The average Bonchev–Trinajstić information content (AvgIpc) is 2.67. The fraction of sp³-hybridized carbons (Fsp3) is 0.368. The van der Waals surface area contributed by atoms with Gasteiger partial charge < -0.3 is 19.9 Å². The van der Waals surface area contributed by atoms with E-state index >= 15 is 0 Å². The third-order valence-electron chi connectivity index (χ3n) is 4.48. The van der Waals surface area contributed by atoms with E-state index in [0.29, 0.717) is 19.0 Å². The molecule has 1 aliphatic rings. The Morgan fingerprint density at radius 2 is 2.08 bits per heavy atom. The molecule has 1 aliphatic heterocycles. The lowest BCUT2D eigenvalue weighted by Gasteiger charge is -2.40. The molecular formula is C19H24N4O2. The maximum Gasteiger partial charge on any atom is 0.318 e. The van der Waals surface area contributed by atoms with E-state index in [1.54, 1.807) is 13.3 Å². The highest BCUT2D eigenvalue weighted by atomic mass is 16.5. The Labute approximate surface area is 148 Å². The number of nitrogens with one attached hydrogen (secondary N) is 1. The molecule has 2 amide bonds. The molecule has 0 saturated carbocycles. The Kier molecular flexibility index (Phi) is 5.50. The van der Waals surface area contributed by atoms with Crippen molar-refractivity contribution in [1.29, 1.82) is 0 Å². The van der Waals surface area contributed by atoms with Crippen molar-refractivity contribution >= 4 is 6.03 Å². The molecule has 0 bridgehead atoms. The van der Waals surface area contributed by atoms with Gasteiger partial charge in [0, 0.05) is 38.4 Å². The fourth-order valence-electron chi connectivity index (χ4n) is 3.07. The lowest BCUT2D eigenvalue weighted by atomic mass is 10.0. The summed E-state index contributed by atoms with van der Waals surface area (Å²) in [5.41, 5.74) is 2.13. The second kappa shape index (κ2) is 7.98. The van der Waals surface area contributed by atoms with Crippen molar-refractivity contribution in [1.82, 2.24) is 20.1 Å². The summed E-state index contributed by atoms with van der Waals surface area (Å²) in [6, 6.07) is 13.9. The van der Waals surface area contributed by atoms with Crippen LogP contribution in [0.25, 0.3) is 0 Å². The molecule has 1 atom stereocenters. The second-order valence-corrected chi connectivity index (χ2v) is 6.25. The Bertz CT molecular complexity index is 708. The molecule has 2 heterocycles. The highest BCUT2D eigenvalue weighted by molar-refractivity contribution is 5.75. The van der Waals surface area contributed by atoms with Crippen molar-refractivity contribution < 1.29 is 9.53 Å². The van der Waals surface area contributed by atoms with E-state index in [1.807, 2.05) is 35.2 Å². The first-order chi connectivity index (χ1) is 12.2. The topological polar surface area (TPSA) is 57.7 Å². The number of methoxy groups -OCH3 is 1. The monoisotopic (exact) mass is 340 g/mol. The molecule has 132 valence electrons. The van der Waals surface area contributed by atoms with Gasteiger partial charge in [-0.15, -0.1) is 0 Å². The zero-order chi connectivity index (χ0) is 17.6. The number of rotatable bonds is 4. The number of ether oxygens (including phenoxy) is 1. The summed E-state index contributed by atoms with van der Waals surface area (Å²) in [4.78, 5) is 21.0. The third-order valence-corrected chi connectivity index (χ3v) is 4.48. The minimum atomic E-state index is -0.0438. The minimum absolute atomic E-state index is 0.0438. The van der Waals surface area contributed by atoms with Gasteiger partial charge in [-0.05, 0) is 24.2 Å². The molecule has 3 rings (SSSR count). The van der Waals surface area contributed by atoms with Crippen LogP contribution in [0.1, 0.15) is 17.2 Å². The van der Waals surface area contributed by atoms with E-state index in [9.17, 15) is 4.79 Å². The van der Waals surface area contributed by atoms with Gasteiger partial charge in [-0.2, -0.15) is 0 Å². The molecule has 1 N–H and O–H groups in total. The van der Waals surface area contributed by atoms with Gasteiger partial charge in [-0.25, -0.2) is 9.78 Å². The summed E-state index contributed by atoms with van der Waals surface area (Å²) >= 11 is 0. The molecule has 0 spiro atoms. The molecule has 6 nitrogen and oxygen atoms in total. The van der Waals surface area contributed by atoms with Crippen molar-refractivity contribution in [2.45, 2.75) is 12.6 Å². The molecular weight excluding hydrogens is 316 g/mol. The zero-order valence-corrected chi connectivity index (χ0v) is 14.7. The third kappa shape index (κ3) is 4.28. The normalized spacial score (nSPS) is 18.0. The number of hydrogen-bond acceptors (Lipinski definition) is 4.